The van der Waals surface area contributed by atoms with Gasteiger partial charge in [-0.1, -0.05) is 0 Å². The highest BCUT2D eigenvalue weighted by Crippen LogP contribution is 2.02. The van der Waals surface area contributed by atoms with Crippen LogP contribution in [0.15, 0.2) is 18.5 Å². The summed E-state index contributed by atoms with van der Waals surface area (Å²) in [5, 5.41) is 9.52. The average molecular weight is 197 g/mol. The molecule has 0 saturated carbocycles. The molecule has 1 atom stereocenters. The fraction of sp³-hybridized carbons (Fsp3) is 0.600. The van der Waals surface area contributed by atoms with E-state index in [-0.39, 0.29) is 6.10 Å². The van der Waals surface area contributed by atoms with E-state index >= 15 is 0 Å². The second-order valence-corrected chi connectivity index (χ2v) is 3.65. The summed E-state index contributed by atoms with van der Waals surface area (Å²) < 4.78 is 0. The van der Waals surface area contributed by atoms with Crippen LogP contribution in [0.3, 0.4) is 0 Å². The maximum absolute atomic E-state index is 9.52. The molecule has 0 bridgehead atoms. The lowest BCUT2D eigenvalue weighted by molar-refractivity contribution is 0.117. The Labute approximate surface area is 84.7 Å². The van der Waals surface area contributed by atoms with E-state index in [1.54, 1.807) is 0 Å². The van der Waals surface area contributed by atoms with Gasteiger partial charge in [0.1, 0.15) is 0 Å². The first-order valence-electron chi connectivity index (χ1n) is 4.90. The lowest BCUT2D eigenvalue weighted by atomic mass is 10.2. The molecule has 0 aliphatic rings. The fourth-order valence-corrected chi connectivity index (χ4v) is 1.48. The summed E-state index contributed by atoms with van der Waals surface area (Å²) in [5.74, 6) is 0. The largest absolute Gasteiger partial charge is 0.392 e. The van der Waals surface area contributed by atoms with Gasteiger partial charge in [-0.3, -0.25) is 4.90 Å². The number of rotatable bonds is 6. The number of hydrogen-bond acceptors (Lipinski definition) is 3. The van der Waals surface area contributed by atoms with Crippen molar-refractivity contribution >= 4 is 0 Å². The average Bonchev–Trinajstić information content (AvgIpc) is 2.56. The maximum Gasteiger partial charge on any atom is 0.0679 e. The quantitative estimate of drug-likeness (QED) is 0.608. The van der Waals surface area contributed by atoms with Crippen LogP contribution in [0.1, 0.15) is 12.0 Å². The van der Waals surface area contributed by atoms with Gasteiger partial charge in [-0.15, -0.1) is 0 Å². The molecule has 4 nitrogen and oxygen atoms in total. The normalized spacial score (nSPS) is 13.4. The van der Waals surface area contributed by atoms with Crippen molar-refractivity contribution in [2.45, 2.75) is 19.1 Å². The number of aliphatic hydroxyl groups is 1. The molecule has 1 rings (SSSR count). The predicted molar refractivity (Wildman–Crippen MR) is 56.8 cm³/mol. The van der Waals surface area contributed by atoms with E-state index in [1.165, 1.54) is 5.56 Å². The van der Waals surface area contributed by atoms with Crippen molar-refractivity contribution in [2.75, 3.05) is 20.1 Å². The Kier molecular flexibility index (Phi) is 4.65. The first kappa shape index (κ1) is 11.2. The van der Waals surface area contributed by atoms with Crippen molar-refractivity contribution < 1.29 is 5.11 Å². The molecule has 0 fully saturated rings. The molecule has 1 heterocycles. The van der Waals surface area contributed by atoms with Crippen molar-refractivity contribution in [1.29, 1.82) is 0 Å². The van der Waals surface area contributed by atoms with Crippen LogP contribution < -0.4 is 5.73 Å². The van der Waals surface area contributed by atoms with Gasteiger partial charge in [-0.2, -0.15) is 0 Å². The SMILES string of the molecule is CN(Cc1cc[nH]c1)CC(O)CCN. The molecule has 80 valence electrons. The Morgan fingerprint density at radius 3 is 3.00 bits per heavy atom. The van der Waals surface area contributed by atoms with Gasteiger partial charge in [-0.25, -0.2) is 0 Å². The van der Waals surface area contributed by atoms with Crippen LogP contribution in [0, 0.1) is 0 Å². The molecule has 0 radical (unpaired) electrons. The molecule has 14 heavy (non-hydrogen) atoms. The van der Waals surface area contributed by atoms with Gasteiger partial charge in [0.05, 0.1) is 6.10 Å². The van der Waals surface area contributed by atoms with E-state index in [9.17, 15) is 5.11 Å². The number of nitrogens with one attached hydrogen (secondary N) is 1. The topological polar surface area (TPSA) is 65.3 Å². The Morgan fingerprint density at radius 2 is 2.43 bits per heavy atom. The number of aliphatic hydroxyl groups excluding tert-OH is 1. The van der Waals surface area contributed by atoms with E-state index in [4.69, 9.17) is 5.73 Å². The third-order valence-corrected chi connectivity index (χ3v) is 2.14. The van der Waals surface area contributed by atoms with Gasteiger partial charge in [0.2, 0.25) is 0 Å². The highest BCUT2D eigenvalue weighted by molar-refractivity contribution is 5.07. The molecular weight excluding hydrogens is 178 g/mol. The second-order valence-electron chi connectivity index (χ2n) is 3.65. The number of nitrogens with zero attached hydrogens (tertiary/aromatic N) is 1. The van der Waals surface area contributed by atoms with Crippen LogP contribution in [0.25, 0.3) is 0 Å². The molecule has 0 aliphatic heterocycles. The van der Waals surface area contributed by atoms with Crippen LogP contribution >= 0.6 is 0 Å². The van der Waals surface area contributed by atoms with Crippen LogP contribution in [-0.4, -0.2) is 41.2 Å². The number of hydrogen-bond donors (Lipinski definition) is 3. The molecule has 1 unspecified atom stereocenters. The zero-order chi connectivity index (χ0) is 10.4. The number of likely N-dealkylation sites (N-methyl/N-ethyl adjacent to an activating group) is 1. The third kappa shape index (κ3) is 3.91. The summed E-state index contributed by atoms with van der Waals surface area (Å²) in [5.41, 5.74) is 6.59. The molecule has 0 aliphatic carbocycles. The summed E-state index contributed by atoms with van der Waals surface area (Å²) in [7, 11) is 1.99. The van der Waals surface area contributed by atoms with Crippen LogP contribution in [0.2, 0.25) is 0 Å². The number of aromatic nitrogens is 1. The molecule has 1 aromatic rings. The molecule has 1 aromatic heterocycles. The van der Waals surface area contributed by atoms with Crippen LogP contribution in [0.5, 0.6) is 0 Å². The first-order valence-corrected chi connectivity index (χ1v) is 4.90. The second kappa shape index (κ2) is 5.80. The molecule has 0 amide bonds. The summed E-state index contributed by atoms with van der Waals surface area (Å²) in [6, 6.07) is 2.03. The minimum atomic E-state index is -0.316. The first-order chi connectivity index (χ1) is 6.72. The van der Waals surface area contributed by atoms with Crippen molar-refractivity contribution in [2.24, 2.45) is 5.73 Å². The standard InChI is InChI=1S/C10H19N3O/c1-13(8-10(14)2-4-11)7-9-3-5-12-6-9/h3,5-6,10,12,14H,2,4,7-8,11H2,1H3. The maximum atomic E-state index is 9.52. The molecule has 4 heteroatoms. The van der Waals surface area contributed by atoms with E-state index in [0.717, 1.165) is 6.54 Å². The summed E-state index contributed by atoms with van der Waals surface area (Å²) in [6.07, 6.45) is 4.21. The van der Waals surface area contributed by atoms with Crippen molar-refractivity contribution in [3.8, 4) is 0 Å². The Balaban J connectivity index is 2.25. The number of nitrogens with two attached hydrogens (primary N) is 1. The van der Waals surface area contributed by atoms with E-state index in [0.29, 0.717) is 19.5 Å². The zero-order valence-electron chi connectivity index (χ0n) is 8.61. The Bertz CT molecular complexity index is 236. The van der Waals surface area contributed by atoms with E-state index < -0.39 is 0 Å². The fourth-order valence-electron chi connectivity index (χ4n) is 1.48. The van der Waals surface area contributed by atoms with Gasteiger partial charge in [-0.05, 0) is 31.6 Å². The van der Waals surface area contributed by atoms with Crippen molar-refractivity contribution in [1.82, 2.24) is 9.88 Å². The Hall–Kier alpha value is -0.840. The monoisotopic (exact) mass is 197 g/mol. The van der Waals surface area contributed by atoms with Gasteiger partial charge in [0.15, 0.2) is 0 Å². The van der Waals surface area contributed by atoms with Gasteiger partial charge >= 0.3 is 0 Å². The minimum absolute atomic E-state index is 0.316. The lowest BCUT2D eigenvalue weighted by Gasteiger charge is -2.19. The summed E-state index contributed by atoms with van der Waals surface area (Å²) in [6.45, 7) is 2.06. The number of H-pyrrole nitrogens is 1. The van der Waals surface area contributed by atoms with E-state index in [1.807, 2.05) is 25.5 Å². The van der Waals surface area contributed by atoms with Gasteiger partial charge < -0.3 is 15.8 Å². The van der Waals surface area contributed by atoms with E-state index in [2.05, 4.69) is 9.88 Å². The predicted octanol–water partition coefficient (Wildman–Crippen LogP) is 0.156. The lowest BCUT2D eigenvalue weighted by Crippen LogP contribution is -2.30. The van der Waals surface area contributed by atoms with Crippen molar-refractivity contribution in [3.63, 3.8) is 0 Å². The molecule has 4 N–H and O–H groups in total. The van der Waals surface area contributed by atoms with Crippen molar-refractivity contribution in [3.05, 3.63) is 24.0 Å². The van der Waals surface area contributed by atoms with Crippen LogP contribution in [-0.2, 0) is 6.54 Å². The van der Waals surface area contributed by atoms with Gasteiger partial charge in [0, 0.05) is 25.5 Å². The smallest absolute Gasteiger partial charge is 0.0679 e. The zero-order valence-corrected chi connectivity index (χ0v) is 8.61. The minimum Gasteiger partial charge on any atom is -0.392 e. The third-order valence-electron chi connectivity index (χ3n) is 2.14. The molecule has 0 saturated heterocycles. The number of aromatic amines is 1. The Morgan fingerprint density at radius 1 is 1.64 bits per heavy atom. The van der Waals surface area contributed by atoms with Crippen LogP contribution in [0.4, 0.5) is 0 Å². The highest BCUT2D eigenvalue weighted by Gasteiger charge is 2.07. The highest BCUT2D eigenvalue weighted by atomic mass is 16.3. The van der Waals surface area contributed by atoms with Gasteiger partial charge in [0.25, 0.3) is 0 Å². The molecule has 0 aromatic carbocycles. The molecule has 0 spiro atoms. The summed E-state index contributed by atoms with van der Waals surface area (Å²) in [4.78, 5) is 5.09. The molecular formula is C10H19N3O. The summed E-state index contributed by atoms with van der Waals surface area (Å²) >= 11 is 0.